The fraction of sp³-hybridized carbons (Fsp3) is 0.615. The van der Waals surface area contributed by atoms with E-state index >= 15 is 0 Å². The monoisotopic (exact) mass is 252 g/mol. The lowest BCUT2D eigenvalue weighted by molar-refractivity contribution is 0.0857. The van der Waals surface area contributed by atoms with Crippen LogP contribution in [0.1, 0.15) is 23.0 Å². The highest BCUT2D eigenvalue weighted by Gasteiger charge is 2.19. The standard InChI is InChI=1S/C13H20N2OS/c1-2-5-14-6-8-15(9-7-14)11-12(16)13-4-3-10-17-13/h3-4,10H,2,5-9,11H2,1H3. The average Bonchev–Trinajstić information content (AvgIpc) is 2.86. The molecule has 0 saturated carbocycles. The summed E-state index contributed by atoms with van der Waals surface area (Å²) in [6.07, 6.45) is 1.22. The lowest BCUT2D eigenvalue weighted by atomic mass is 10.2. The Morgan fingerprint density at radius 1 is 1.29 bits per heavy atom. The molecule has 4 heteroatoms. The number of rotatable bonds is 5. The number of carbonyl (C=O) groups excluding carboxylic acids is 1. The Morgan fingerprint density at radius 2 is 2.00 bits per heavy atom. The first-order valence-electron chi connectivity index (χ1n) is 6.31. The molecule has 94 valence electrons. The molecule has 1 saturated heterocycles. The molecule has 0 N–H and O–H groups in total. The van der Waals surface area contributed by atoms with E-state index in [1.54, 1.807) is 11.3 Å². The van der Waals surface area contributed by atoms with E-state index in [1.165, 1.54) is 13.0 Å². The average molecular weight is 252 g/mol. The molecule has 2 heterocycles. The van der Waals surface area contributed by atoms with Crippen molar-refractivity contribution in [3.8, 4) is 0 Å². The van der Waals surface area contributed by atoms with Gasteiger partial charge in [0.2, 0.25) is 0 Å². The second-order valence-corrected chi connectivity index (χ2v) is 5.47. The molecule has 1 aliphatic heterocycles. The van der Waals surface area contributed by atoms with Gasteiger partial charge in [0.05, 0.1) is 11.4 Å². The van der Waals surface area contributed by atoms with Gasteiger partial charge in [-0.3, -0.25) is 9.69 Å². The van der Waals surface area contributed by atoms with Crippen LogP contribution in [0.25, 0.3) is 0 Å². The summed E-state index contributed by atoms with van der Waals surface area (Å²) < 4.78 is 0. The van der Waals surface area contributed by atoms with Crippen molar-refractivity contribution in [3.05, 3.63) is 22.4 Å². The van der Waals surface area contributed by atoms with Gasteiger partial charge in [0, 0.05) is 26.2 Å². The summed E-state index contributed by atoms with van der Waals surface area (Å²) in [5.74, 6) is 0.268. The minimum atomic E-state index is 0.268. The molecule has 2 rings (SSSR count). The SMILES string of the molecule is CCCN1CCN(CC(=O)c2cccs2)CC1. The van der Waals surface area contributed by atoms with Crippen LogP contribution in [0.3, 0.4) is 0 Å². The van der Waals surface area contributed by atoms with Crippen molar-refractivity contribution in [1.29, 1.82) is 0 Å². The highest BCUT2D eigenvalue weighted by molar-refractivity contribution is 7.12. The van der Waals surface area contributed by atoms with Gasteiger partial charge in [-0.25, -0.2) is 0 Å². The molecule has 0 aliphatic carbocycles. The molecule has 0 radical (unpaired) electrons. The molecule has 0 bridgehead atoms. The zero-order valence-electron chi connectivity index (χ0n) is 10.4. The molecule has 17 heavy (non-hydrogen) atoms. The lowest BCUT2D eigenvalue weighted by Crippen LogP contribution is -2.47. The van der Waals surface area contributed by atoms with Crippen LogP contribution in [0, 0.1) is 0 Å². The van der Waals surface area contributed by atoms with E-state index < -0.39 is 0 Å². The Balaban J connectivity index is 1.76. The van der Waals surface area contributed by atoms with E-state index in [9.17, 15) is 4.79 Å². The van der Waals surface area contributed by atoms with Crippen LogP contribution in [-0.4, -0.2) is 54.9 Å². The lowest BCUT2D eigenvalue weighted by Gasteiger charge is -2.33. The molecule has 0 atom stereocenters. The van der Waals surface area contributed by atoms with E-state index in [1.807, 2.05) is 17.5 Å². The van der Waals surface area contributed by atoms with Crippen molar-refractivity contribution in [2.45, 2.75) is 13.3 Å². The van der Waals surface area contributed by atoms with E-state index in [2.05, 4.69) is 16.7 Å². The van der Waals surface area contributed by atoms with Crippen LogP contribution in [0.2, 0.25) is 0 Å². The van der Waals surface area contributed by atoms with Gasteiger partial charge in [0.15, 0.2) is 5.78 Å². The molecular weight excluding hydrogens is 232 g/mol. The quantitative estimate of drug-likeness (QED) is 0.748. The van der Waals surface area contributed by atoms with Crippen LogP contribution in [0.5, 0.6) is 0 Å². The van der Waals surface area contributed by atoms with Crippen molar-refractivity contribution in [2.75, 3.05) is 39.3 Å². The Morgan fingerprint density at radius 3 is 2.59 bits per heavy atom. The van der Waals surface area contributed by atoms with E-state index in [0.29, 0.717) is 6.54 Å². The number of ketones is 1. The number of hydrogen-bond donors (Lipinski definition) is 0. The molecule has 1 aromatic rings. The molecule has 0 spiro atoms. The van der Waals surface area contributed by atoms with Gasteiger partial charge in [-0.05, 0) is 24.4 Å². The van der Waals surface area contributed by atoms with Crippen molar-refractivity contribution < 1.29 is 4.79 Å². The maximum atomic E-state index is 11.9. The molecular formula is C13H20N2OS. The summed E-state index contributed by atoms with van der Waals surface area (Å²) >= 11 is 1.54. The van der Waals surface area contributed by atoms with Gasteiger partial charge in [-0.2, -0.15) is 0 Å². The van der Waals surface area contributed by atoms with Gasteiger partial charge in [-0.15, -0.1) is 11.3 Å². The number of Topliss-reactive ketones (excluding diaryl/α,β-unsaturated/α-hetero) is 1. The second-order valence-electron chi connectivity index (χ2n) is 4.52. The largest absolute Gasteiger partial charge is 0.301 e. The van der Waals surface area contributed by atoms with Crippen LogP contribution in [0.4, 0.5) is 0 Å². The fourth-order valence-corrected chi connectivity index (χ4v) is 2.86. The van der Waals surface area contributed by atoms with Crippen LogP contribution < -0.4 is 0 Å². The van der Waals surface area contributed by atoms with Gasteiger partial charge in [-0.1, -0.05) is 13.0 Å². The Labute approximate surface area is 107 Å². The van der Waals surface area contributed by atoms with Crippen molar-refractivity contribution >= 4 is 17.1 Å². The summed E-state index contributed by atoms with van der Waals surface area (Å²) in [7, 11) is 0. The van der Waals surface area contributed by atoms with E-state index in [4.69, 9.17) is 0 Å². The molecule has 0 amide bonds. The number of carbonyl (C=O) groups is 1. The number of hydrogen-bond acceptors (Lipinski definition) is 4. The Bertz CT molecular complexity index is 342. The first-order valence-corrected chi connectivity index (χ1v) is 7.19. The van der Waals surface area contributed by atoms with Gasteiger partial charge in [0.1, 0.15) is 0 Å². The third-order valence-corrected chi connectivity index (χ3v) is 4.08. The van der Waals surface area contributed by atoms with E-state index in [-0.39, 0.29) is 5.78 Å². The van der Waals surface area contributed by atoms with Crippen molar-refractivity contribution in [3.63, 3.8) is 0 Å². The second kappa shape index (κ2) is 6.28. The van der Waals surface area contributed by atoms with Gasteiger partial charge in [0.25, 0.3) is 0 Å². The van der Waals surface area contributed by atoms with Gasteiger partial charge >= 0.3 is 0 Å². The summed E-state index contributed by atoms with van der Waals surface area (Å²) in [6.45, 7) is 8.24. The maximum Gasteiger partial charge on any atom is 0.186 e. The smallest absolute Gasteiger partial charge is 0.186 e. The first-order chi connectivity index (χ1) is 8.29. The zero-order chi connectivity index (χ0) is 12.1. The number of piperazine rings is 1. The number of thiophene rings is 1. The summed E-state index contributed by atoms with van der Waals surface area (Å²) in [5, 5.41) is 1.96. The summed E-state index contributed by atoms with van der Waals surface area (Å²) in [5.41, 5.74) is 0. The Kier molecular flexibility index (Phi) is 4.71. The topological polar surface area (TPSA) is 23.6 Å². The van der Waals surface area contributed by atoms with Crippen LogP contribution in [0.15, 0.2) is 17.5 Å². The Hall–Kier alpha value is -0.710. The van der Waals surface area contributed by atoms with Crippen LogP contribution in [-0.2, 0) is 0 Å². The molecule has 1 fully saturated rings. The normalized spacial score (nSPS) is 18.4. The summed E-state index contributed by atoms with van der Waals surface area (Å²) in [4.78, 5) is 17.6. The summed E-state index contributed by atoms with van der Waals surface area (Å²) in [6, 6.07) is 3.86. The highest BCUT2D eigenvalue weighted by atomic mass is 32.1. The predicted octanol–water partition coefficient (Wildman–Crippen LogP) is 1.96. The fourth-order valence-electron chi connectivity index (χ4n) is 2.21. The first kappa shape index (κ1) is 12.7. The maximum absolute atomic E-state index is 11.9. The van der Waals surface area contributed by atoms with E-state index in [0.717, 1.165) is 31.1 Å². The third kappa shape index (κ3) is 3.63. The molecule has 3 nitrogen and oxygen atoms in total. The molecule has 1 aromatic heterocycles. The molecule has 0 aromatic carbocycles. The highest BCUT2D eigenvalue weighted by Crippen LogP contribution is 2.11. The van der Waals surface area contributed by atoms with Gasteiger partial charge < -0.3 is 4.90 Å². The number of nitrogens with zero attached hydrogens (tertiary/aromatic N) is 2. The minimum absolute atomic E-state index is 0.268. The van der Waals surface area contributed by atoms with Crippen LogP contribution >= 0.6 is 11.3 Å². The van der Waals surface area contributed by atoms with Crippen molar-refractivity contribution in [1.82, 2.24) is 9.80 Å². The molecule has 0 unspecified atom stereocenters. The third-order valence-electron chi connectivity index (χ3n) is 3.17. The molecule has 1 aliphatic rings. The van der Waals surface area contributed by atoms with Crippen molar-refractivity contribution in [2.24, 2.45) is 0 Å². The zero-order valence-corrected chi connectivity index (χ0v) is 11.2. The predicted molar refractivity (Wildman–Crippen MR) is 71.8 cm³/mol. The minimum Gasteiger partial charge on any atom is -0.301 e.